The zero-order valence-electron chi connectivity index (χ0n) is 19.1. The van der Waals surface area contributed by atoms with Gasteiger partial charge in [0, 0.05) is 19.4 Å². The van der Waals surface area contributed by atoms with Gasteiger partial charge in [-0.3, -0.25) is 9.59 Å². The molecule has 3 aromatic rings. The second-order valence-corrected chi connectivity index (χ2v) is 7.74. The Morgan fingerprint density at radius 1 is 0.824 bits per heavy atom. The van der Waals surface area contributed by atoms with Crippen molar-refractivity contribution < 1.29 is 19.1 Å². The maximum absolute atomic E-state index is 12.5. The quantitative estimate of drug-likeness (QED) is 0.356. The van der Waals surface area contributed by atoms with Crippen LogP contribution in [-0.2, 0) is 19.1 Å². The number of carbonyl (C=O) groups is 3. The largest absolute Gasteiger partial charge is 0.451 e. The molecule has 0 spiro atoms. The first-order valence-corrected chi connectivity index (χ1v) is 11.1. The fourth-order valence-corrected chi connectivity index (χ4v) is 3.56. The number of nitrogens with one attached hydrogen (secondary N) is 2. The summed E-state index contributed by atoms with van der Waals surface area (Å²) in [7, 11) is 0. The van der Waals surface area contributed by atoms with E-state index in [1.54, 1.807) is 12.1 Å². The predicted octanol–water partition coefficient (Wildman–Crippen LogP) is 4.05. The fourth-order valence-electron chi connectivity index (χ4n) is 3.56. The van der Waals surface area contributed by atoms with Crippen molar-refractivity contribution in [2.24, 2.45) is 0 Å². The highest BCUT2D eigenvalue weighted by Gasteiger charge is 2.16. The van der Waals surface area contributed by atoms with Crippen LogP contribution in [0.3, 0.4) is 0 Å². The maximum atomic E-state index is 12.5. The van der Waals surface area contributed by atoms with E-state index in [1.807, 2.05) is 54.6 Å². The fraction of sp³-hybridized carbons (Fsp3) is 0.179. The highest BCUT2D eigenvalue weighted by atomic mass is 16.5. The minimum Gasteiger partial charge on any atom is -0.451 e. The third-order valence-electron chi connectivity index (χ3n) is 5.13. The highest BCUT2D eigenvalue weighted by Crippen LogP contribution is 2.27. The molecule has 6 heteroatoms. The van der Waals surface area contributed by atoms with Gasteiger partial charge in [0.25, 0.3) is 5.91 Å². The van der Waals surface area contributed by atoms with Crippen LogP contribution in [0.1, 0.15) is 36.0 Å². The second kappa shape index (κ2) is 12.7. The molecule has 3 aromatic carbocycles. The van der Waals surface area contributed by atoms with Crippen molar-refractivity contribution in [2.45, 2.75) is 19.3 Å². The molecule has 2 N–H and O–H groups in total. The molecule has 2 amide bonds. The van der Waals surface area contributed by atoms with Gasteiger partial charge in [-0.1, -0.05) is 91.0 Å². The lowest BCUT2D eigenvalue weighted by Crippen LogP contribution is -2.32. The van der Waals surface area contributed by atoms with Crippen LogP contribution >= 0.6 is 0 Å². The molecule has 34 heavy (non-hydrogen) atoms. The van der Waals surface area contributed by atoms with Gasteiger partial charge in [-0.2, -0.15) is 0 Å². The van der Waals surface area contributed by atoms with E-state index in [9.17, 15) is 14.4 Å². The molecular formula is C28H28N2O4. The number of carbonyl (C=O) groups excluding carboxylic acids is 3. The van der Waals surface area contributed by atoms with Crippen molar-refractivity contribution in [1.29, 1.82) is 0 Å². The number of ether oxygens (including phenoxy) is 1. The molecule has 0 heterocycles. The first kappa shape index (κ1) is 24.5. The van der Waals surface area contributed by atoms with Crippen LogP contribution in [0, 0.1) is 0 Å². The van der Waals surface area contributed by atoms with E-state index < -0.39 is 24.4 Å². The molecule has 0 saturated heterocycles. The number of rotatable bonds is 10. The van der Waals surface area contributed by atoms with Crippen molar-refractivity contribution in [3.63, 3.8) is 0 Å². The summed E-state index contributed by atoms with van der Waals surface area (Å²) < 4.78 is 5.13. The van der Waals surface area contributed by atoms with Crippen LogP contribution in [-0.4, -0.2) is 30.9 Å². The Balaban J connectivity index is 1.55. The van der Waals surface area contributed by atoms with Gasteiger partial charge in [0.15, 0.2) is 6.61 Å². The van der Waals surface area contributed by atoms with Gasteiger partial charge >= 0.3 is 5.97 Å². The number of hydrogen-bond donors (Lipinski definition) is 2. The molecular weight excluding hydrogens is 428 g/mol. The summed E-state index contributed by atoms with van der Waals surface area (Å²) >= 11 is 0. The Labute approximate surface area is 199 Å². The zero-order chi connectivity index (χ0) is 24.2. The molecule has 6 nitrogen and oxygen atoms in total. The van der Waals surface area contributed by atoms with Gasteiger partial charge in [-0.15, -0.1) is 0 Å². The molecule has 0 aliphatic carbocycles. The van der Waals surface area contributed by atoms with Gasteiger partial charge in [-0.05, 0) is 29.2 Å². The summed E-state index contributed by atoms with van der Waals surface area (Å²) in [5.74, 6) is -1.46. The summed E-state index contributed by atoms with van der Waals surface area (Å²) in [6.45, 7) is 1.28. The summed E-state index contributed by atoms with van der Waals surface area (Å²) in [5.41, 5.74) is 3.03. The van der Waals surface area contributed by atoms with Gasteiger partial charge in [0.1, 0.15) is 5.70 Å². The number of hydrogen-bond acceptors (Lipinski definition) is 4. The lowest BCUT2D eigenvalue weighted by Gasteiger charge is -2.18. The van der Waals surface area contributed by atoms with Crippen LogP contribution in [0.25, 0.3) is 6.08 Å². The molecule has 0 bridgehead atoms. The van der Waals surface area contributed by atoms with E-state index in [4.69, 9.17) is 4.74 Å². The Hall–Kier alpha value is -4.19. The van der Waals surface area contributed by atoms with Gasteiger partial charge < -0.3 is 15.4 Å². The van der Waals surface area contributed by atoms with Crippen LogP contribution < -0.4 is 10.6 Å². The van der Waals surface area contributed by atoms with Gasteiger partial charge in [0.05, 0.1) is 0 Å². The van der Waals surface area contributed by atoms with Crippen molar-refractivity contribution in [2.75, 3.05) is 13.2 Å². The topological polar surface area (TPSA) is 84.5 Å². The number of esters is 1. The predicted molar refractivity (Wildman–Crippen MR) is 132 cm³/mol. The molecule has 0 radical (unpaired) electrons. The summed E-state index contributed by atoms with van der Waals surface area (Å²) in [6.07, 6.45) is 2.20. The van der Waals surface area contributed by atoms with Gasteiger partial charge in [-0.25, -0.2) is 4.79 Å². The van der Waals surface area contributed by atoms with E-state index in [0.29, 0.717) is 13.0 Å². The first-order valence-electron chi connectivity index (χ1n) is 11.1. The highest BCUT2D eigenvalue weighted by molar-refractivity contribution is 5.98. The lowest BCUT2D eigenvalue weighted by molar-refractivity contribution is -0.145. The van der Waals surface area contributed by atoms with Crippen LogP contribution in [0.5, 0.6) is 0 Å². The molecule has 0 atom stereocenters. The monoisotopic (exact) mass is 456 g/mol. The third-order valence-corrected chi connectivity index (χ3v) is 5.13. The van der Waals surface area contributed by atoms with Crippen LogP contribution in [0.15, 0.2) is 96.7 Å². The molecule has 0 aliphatic heterocycles. The first-order chi connectivity index (χ1) is 16.5. The average Bonchev–Trinajstić information content (AvgIpc) is 2.86. The molecule has 0 aromatic heterocycles. The Morgan fingerprint density at radius 2 is 1.35 bits per heavy atom. The van der Waals surface area contributed by atoms with E-state index in [-0.39, 0.29) is 11.6 Å². The summed E-state index contributed by atoms with van der Waals surface area (Å²) in [5, 5.41) is 5.28. The van der Waals surface area contributed by atoms with Crippen molar-refractivity contribution in [3.05, 3.63) is 113 Å². The third kappa shape index (κ3) is 7.74. The molecule has 0 fully saturated rings. The normalized spacial score (nSPS) is 11.1. The Morgan fingerprint density at radius 3 is 1.88 bits per heavy atom. The van der Waals surface area contributed by atoms with Crippen LogP contribution in [0.4, 0.5) is 0 Å². The minimum absolute atomic E-state index is 0.0280. The van der Waals surface area contributed by atoms with E-state index in [1.165, 1.54) is 24.1 Å². The second-order valence-electron chi connectivity index (χ2n) is 7.74. The standard InChI is InChI=1S/C28H28N2O4/c1-21(31)30-26(19-22-11-5-2-6-12-22)28(33)34-20-27(32)29-18-17-25(23-13-7-3-8-14-23)24-15-9-4-10-16-24/h2-16,19,25H,17-18,20H2,1H3,(H,29,32)(H,30,31). The van der Waals surface area contributed by atoms with Crippen molar-refractivity contribution >= 4 is 23.9 Å². The Bertz CT molecular complexity index is 1070. The summed E-state index contributed by atoms with van der Waals surface area (Å²) in [4.78, 5) is 36.3. The lowest BCUT2D eigenvalue weighted by atomic mass is 9.88. The van der Waals surface area contributed by atoms with Gasteiger partial charge in [0.2, 0.25) is 5.91 Å². The number of benzene rings is 3. The Kier molecular flexibility index (Phi) is 9.17. The zero-order valence-corrected chi connectivity index (χ0v) is 19.1. The molecule has 174 valence electrons. The molecule has 0 saturated carbocycles. The maximum Gasteiger partial charge on any atom is 0.355 e. The number of amides is 2. The SMILES string of the molecule is CC(=O)NC(=Cc1ccccc1)C(=O)OCC(=O)NCCC(c1ccccc1)c1ccccc1. The van der Waals surface area contributed by atoms with Crippen molar-refractivity contribution in [3.8, 4) is 0 Å². The smallest absolute Gasteiger partial charge is 0.355 e. The van der Waals surface area contributed by atoms with Crippen LogP contribution in [0.2, 0.25) is 0 Å². The summed E-state index contributed by atoms with van der Waals surface area (Å²) in [6, 6.07) is 29.3. The van der Waals surface area contributed by atoms with E-state index in [0.717, 1.165) is 5.56 Å². The minimum atomic E-state index is -0.777. The van der Waals surface area contributed by atoms with Crippen molar-refractivity contribution in [1.82, 2.24) is 10.6 Å². The van der Waals surface area contributed by atoms with E-state index >= 15 is 0 Å². The van der Waals surface area contributed by atoms with E-state index in [2.05, 4.69) is 34.9 Å². The molecule has 0 unspecified atom stereocenters. The molecule has 0 aliphatic rings. The average molecular weight is 457 g/mol. The molecule has 3 rings (SSSR count).